The molecule has 0 aliphatic heterocycles. The van der Waals surface area contributed by atoms with Crippen molar-refractivity contribution in [2.45, 2.75) is 12.2 Å². The second kappa shape index (κ2) is 5.11. The van der Waals surface area contributed by atoms with Gasteiger partial charge in [0.1, 0.15) is 16.2 Å². The van der Waals surface area contributed by atoms with E-state index < -0.39 is 21.3 Å². The first kappa shape index (κ1) is 13.7. The molecule has 2 unspecified atom stereocenters. The number of hydrogen-bond acceptors (Lipinski definition) is 7. The molecule has 0 fully saturated rings. The van der Waals surface area contributed by atoms with Crippen LogP contribution in [0.3, 0.4) is 0 Å². The summed E-state index contributed by atoms with van der Waals surface area (Å²) in [7, 11) is 1.41. The van der Waals surface area contributed by atoms with E-state index in [2.05, 4.69) is 15.2 Å². The Morgan fingerprint density at radius 1 is 1.58 bits per heavy atom. The minimum Gasteiger partial charge on any atom is -0.358 e. The Morgan fingerprint density at radius 3 is 2.68 bits per heavy atom. The molecule has 2 aromatic rings. The molecule has 2 heterocycles. The molecule has 0 aromatic carbocycles. The minimum atomic E-state index is -2.30. The number of nitrogens with zero attached hydrogens (tertiary/aromatic N) is 5. The van der Waals surface area contributed by atoms with Gasteiger partial charge in [-0.3, -0.25) is 0 Å². The van der Waals surface area contributed by atoms with Crippen molar-refractivity contribution in [1.82, 2.24) is 19.7 Å². The monoisotopic (exact) mass is 303 g/mol. The molecule has 0 saturated heterocycles. The lowest BCUT2D eigenvalue weighted by Gasteiger charge is -2.06. The van der Waals surface area contributed by atoms with Gasteiger partial charge in [-0.2, -0.15) is 0 Å². The average Bonchev–Trinajstić information content (AvgIpc) is 2.87. The van der Waals surface area contributed by atoms with Crippen molar-refractivity contribution in [2.75, 3.05) is 0 Å². The van der Waals surface area contributed by atoms with Crippen LogP contribution in [0.2, 0.25) is 0 Å². The van der Waals surface area contributed by atoms with Gasteiger partial charge in [0.05, 0.1) is 7.05 Å². The predicted octanol–water partition coefficient (Wildman–Crippen LogP) is 0.799. The average molecular weight is 303 g/mol. The van der Waals surface area contributed by atoms with Crippen molar-refractivity contribution >= 4 is 28.2 Å². The third kappa shape index (κ3) is 2.52. The highest BCUT2D eigenvalue weighted by molar-refractivity contribution is 7.79. The zero-order chi connectivity index (χ0) is 14.2. The van der Waals surface area contributed by atoms with E-state index in [1.165, 1.54) is 7.05 Å². The summed E-state index contributed by atoms with van der Waals surface area (Å²) >= 11 is -1.15. The molecular formula is C8H9N5O4S2. The Hall–Kier alpha value is -1.72. The first-order chi connectivity index (χ1) is 8.91. The van der Waals surface area contributed by atoms with Crippen LogP contribution >= 0.6 is 11.3 Å². The predicted molar refractivity (Wildman–Crippen MR) is 67.1 cm³/mol. The first-order valence-electron chi connectivity index (χ1n) is 4.97. The van der Waals surface area contributed by atoms with Crippen LogP contribution in [0.1, 0.15) is 21.1 Å². The fourth-order valence-corrected chi connectivity index (χ4v) is 3.22. The summed E-state index contributed by atoms with van der Waals surface area (Å²) in [6, 6.07) is 0. The largest absolute Gasteiger partial charge is 0.358 e. The fourth-order valence-electron chi connectivity index (χ4n) is 1.53. The SMILES string of the molecule is Cc1nnc(C(c2ncc([N+](=O)[O-])n2C)S(=O)O)s1. The Labute approximate surface area is 113 Å². The summed E-state index contributed by atoms with van der Waals surface area (Å²) in [6.07, 6.45) is 1.04. The minimum absolute atomic E-state index is 0.101. The van der Waals surface area contributed by atoms with Crippen molar-refractivity contribution in [3.63, 3.8) is 0 Å². The standard InChI is InChI=1S/C8H9N5O4S2/c1-4-10-11-8(18-4)6(19(16)17)7-9-3-5(12(7)2)13(14)15/h3,6H,1-2H3,(H,16,17). The molecule has 0 spiro atoms. The highest BCUT2D eigenvalue weighted by atomic mass is 32.2. The van der Waals surface area contributed by atoms with Crippen LogP contribution in [0.4, 0.5) is 5.82 Å². The molecule has 0 radical (unpaired) electrons. The van der Waals surface area contributed by atoms with E-state index in [1.807, 2.05) is 0 Å². The fraction of sp³-hybridized carbons (Fsp3) is 0.375. The summed E-state index contributed by atoms with van der Waals surface area (Å²) in [5.74, 6) is -0.157. The maximum absolute atomic E-state index is 11.5. The van der Waals surface area contributed by atoms with Crippen molar-refractivity contribution in [2.24, 2.45) is 7.05 Å². The smallest absolute Gasteiger partial charge is 0.342 e. The van der Waals surface area contributed by atoms with E-state index in [9.17, 15) is 18.9 Å². The number of aryl methyl sites for hydroxylation is 1. The van der Waals surface area contributed by atoms with Crippen LogP contribution in [0.25, 0.3) is 0 Å². The molecule has 102 valence electrons. The van der Waals surface area contributed by atoms with Gasteiger partial charge in [0.25, 0.3) is 0 Å². The van der Waals surface area contributed by atoms with E-state index in [0.29, 0.717) is 10.0 Å². The van der Waals surface area contributed by atoms with Crippen LogP contribution in [0.15, 0.2) is 6.20 Å². The van der Waals surface area contributed by atoms with Gasteiger partial charge in [-0.05, 0) is 11.8 Å². The van der Waals surface area contributed by atoms with Crippen molar-refractivity contribution in [3.05, 3.63) is 32.2 Å². The Balaban J connectivity index is 2.52. The van der Waals surface area contributed by atoms with Gasteiger partial charge in [-0.15, -0.1) is 10.2 Å². The topological polar surface area (TPSA) is 124 Å². The second-order valence-electron chi connectivity index (χ2n) is 3.61. The Bertz CT molecular complexity index is 651. The zero-order valence-corrected chi connectivity index (χ0v) is 11.5. The Kier molecular flexibility index (Phi) is 3.68. The molecule has 11 heteroatoms. The highest BCUT2D eigenvalue weighted by Gasteiger charge is 2.33. The number of aromatic nitrogens is 4. The summed E-state index contributed by atoms with van der Waals surface area (Å²) < 4.78 is 22.0. The van der Waals surface area contributed by atoms with E-state index in [0.717, 1.165) is 22.1 Å². The first-order valence-corrected chi connectivity index (χ1v) is 6.96. The molecule has 2 aromatic heterocycles. The summed E-state index contributed by atoms with van der Waals surface area (Å²) in [5, 5.41) is 18.2. The maximum Gasteiger partial charge on any atom is 0.342 e. The number of rotatable bonds is 4. The summed E-state index contributed by atoms with van der Waals surface area (Å²) in [4.78, 5) is 14.0. The van der Waals surface area contributed by atoms with E-state index in [-0.39, 0.29) is 11.6 Å². The number of hydrogen-bond donors (Lipinski definition) is 1. The molecule has 0 bridgehead atoms. The van der Waals surface area contributed by atoms with Crippen LogP contribution in [-0.4, -0.2) is 33.4 Å². The van der Waals surface area contributed by atoms with Crippen LogP contribution in [0.5, 0.6) is 0 Å². The highest BCUT2D eigenvalue weighted by Crippen LogP contribution is 2.30. The van der Waals surface area contributed by atoms with Crippen molar-refractivity contribution < 1.29 is 13.7 Å². The van der Waals surface area contributed by atoms with Gasteiger partial charge in [-0.25, -0.2) is 13.8 Å². The molecule has 2 atom stereocenters. The molecule has 0 saturated carbocycles. The zero-order valence-electron chi connectivity index (χ0n) is 9.88. The molecule has 19 heavy (non-hydrogen) atoms. The molecule has 2 rings (SSSR count). The van der Waals surface area contributed by atoms with Gasteiger partial charge in [0, 0.05) is 0 Å². The normalized spacial score (nSPS) is 14.3. The lowest BCUT2D eigenvalue weighted by atomic mass is 10.4. The Morgan fingerprint density at radius 2 is 2.26 bits per heavy atom. The molecular weight excluding hydrogens is 294 g/mol. The molecule has 0 aliphatic carbocycles. The summed E-state index contributed by atoms with van der Waals surface area (Å²) in [5.41, 5.74) is 0. The maximum atomic E-state index is 11.5. The van der Waals surface area contributed by atoms with Crippen LogP contribution < -0.4 is 0 Å². The number of imidazole rings is 1. The van der Waals surface area contributed by atoms with Crippen molar-refractivity contribution in [1.29, 1.82) is 0 Å². The molecule has 9 nitrogen and oxygen atoms in total. The van der Waals surface area contributed by atoms with E-state index in [4.69, 9.17) is 0 Å². The van der Waals surface area contributed by atoms with E-state index >= 15 is 0 Å². The summed E-state index contributed by atoms with van der Waals surface area (Å²) in [6.45, 7) is 1.71. The molecule has 0 aliphatic rings. The lowest BCUT2D eigenvalue weighted by molar-refractivity contribution is -0.391. The molecule has 1 N–H and O–H groups in total. The van der Waals surface area contributed by atoms with Crippen molar-refractivity contribution in [3.8, 4) is 0 Å². The lowest BCUT2D eigenvalue weighted by Crippen LogP contribution is -2.13. The van der Waals surface area contributed by atoms with Gasteiger partial charge >= 0.3 is 5.82 Å². The molecule has 0 amide bonds. The quantitative estimate of drug-likeness (QED) is 0.503. The van der Waals surface area contributed by atoms with Crippen LogP contribution in [0, 0.1) is 17.0 Å². The van der Waals surface area contributed by atoms with E-state index in [1.54, 1.807) is 6.92 Å². The number of nitro groups is 1. The van der Waals surface area contributed by atoms with Gasteiger partial charge in [0.2, 0.25) is 5.82 Å². The third-order valence-corrected chi connectivity index (χ3v) is 4.28. The van der Waals surface area contributed by atoms with Gasteiger partial charge < -0.3 is 14.7 Å². The van der Waals surface area contributed by atoms with Crippen LogP contribution in [-0.2, 0) is 18.1 Å². The third-order valence-electron chi connectivity index (χ3n) is 2.39. The van der Waals surface area contributed by atoms with Gasteiger partial charge in [0.15, 0.2) is 16.3 Å². The van der Waals surface area contributed by atoms with Gasteiger partial charge in [-0.1, -0.05) is 11.3 Å². The second-order valence-corrected chi connectivity index (χ2v) is 5.84.